The molecule has 0 amide bonds. The van der Waals surface area contributed by atoms with E-state index in [4.69, 9.17) is 0 Å². The summed E-state index contributed by atoms with van der Waals surface area (Å²) in [5, 5.41) is 0. The quantitative estimate of drug-likeness (QED) is 0.0933. The van der Waals surface area contributed by atoms with Crippen molar-refractivity contribution in [3.63, 3.8) is 0 Å². The molecule has 2 atom stereocenters. The van der Waals surface area contributed by atoms with E-state index in [9.17, 15) is 0 Å². The van der Waals surface area contributed by atoms with Crippen molar-refractivity contribution >= 4 is 0 Å². The summed E-state index contributed by atoms with van der Waals surface area (Å²) in [7, 11) is 4.36. The Balaban J connectivity index is 4.10. The zero-order valence-electron chi connectivity index (χ0n) is 25.1. The molecular weight excluding hydrogens is 410 g/mol. The number of nitrogens with zero attached hydrogens (tertiary/aromatic N) is 1. The van der Waals surface area contributed by atoms with Crippen LogP contribution < -0.4 is 0 Å². The van der Waals surface area contributed by atoms with Gasteiger partial charge in [-0.05, 0) is 70.0 Å². The maximum Gasteiger partial charge on any atom is -0.00218 e. The second kappa shape index (κ2) is 23.1. The Morgan fingerprint density at radius 2 is 1.18 bits per heavy atom. The van der Waals surface area contributed by atoms with E-state index in [2.05, 4.69) is 60.2 Å². The molecule has 34 heavy (non-hydrogen) atoms. The lowest BCUT2D eigenvalue weighted by molar-refractivity contribution is 0.302. The first kappa shape index (κ1) is 33.7. The van der Waals surface area contributed by atoms with Gasteiger partial charge >= 0.3 is 0 Å². The highest BCUT2D eigenvalue weighted by atomic mass is 15.0. The van der Waals surface area contributed by atoms with Crippen LogP contribution in [0.25, 0.3) is 0 Å². The number of hydrogen-bond donors (Lipinski definition) is 0. The minimum atomic E-state index is 0.857. The summed E-state index contributed by atoms with van der Waals surface area (Å²) in [5.41, 5.74) is 1.51. The van der Waals surface area contributed by atoms with E-state index in [1.165, 1.54) is 134 Å². The maximum atomic E-state index is 4.46. The van der Waals surface area contributed by atoms with Gasteiger partial charge in [-0.25, -0.2) is 0 Å². The smallest absolute Gasteiger partial charge is 0.00218 e. The molecule has 0 N–H and O–H groups in total. The van der Waals surface area contributed by atoms with E-state index in [1.54, 1.807) is 0 Å². The average Bonchev–Trinajstić information content (AvgIpc) is 2.76. The molecule has 0 radical (unpaired) electrons. The Morgan fingerprint density at radius 1 is 0.647 bits per heavy atom. The fourth-order valence-electron chi connectivity index (χ4n) is 5.45. The number of rotatable bonds is 25. The van der Waals surface area contributed by atoms with E-state index >= 15 is 0 Å². The molecule has 0 rings (SSSR count). The minimum absolute atomic E-state index is 0.857. The van der Waals surface area contributed by atoms with E-state index in [0.717, 1.165) is 23.7 Å². The zero-order chi connectivity index (χ0) is 25.6. The van der Waals surface area contributed by atoms with Crippen molar-refractivity contribution < 1.29 is 0 Å². The largest absolute Gasteiger partial charge is 0.309 e. The number of hydrogen-bond acceptors (Lipinski definition) is 1. The molecular formula is C33H67N. The predicted molar refractivity (Wildman–Crippen MR) is 158 cm³/mol. The van der Waals surface area contributed by atoms with Gasteiger partial charge < -0.3 is 4.90 Å². The van der Waals surface area contributed by atoms with Crippen molar-refractivity contribution in [2.24, 2.45) is 23.7 Å². The van der Waals surface area contributed by atoms with Crippen LogP contribution in [0.5, 0.6) is 0 Å². The highest BCUT2D eigenvalue weighted by molar-refractivity contribution is 4.96. The second-order valence-electron chi connectivity index (χ2n) is 12.6. The van der Waals surface area contributed by atoms with Crippen LogP contribution in [-0.4, -0.2) is 25.5 Å². The van der Waals surface area contributed by atoms with Gasteiger partial charge in [0.1, 0.15) is 0 Å². The molecule has 0 aromatic carbocycles. The first-order valence-corrected chi connectivity index (χ1v) is 15.6. The van der Waals surface area contributed by atoms with E-state index in [0.29, 0.717) is 0 Å². The standard InChI is InChI=1S/C33H67N/c1-9-10-11-14-17-22-32(28-31(6)21-20-27-34(7)8)23-18-15-12-13-16-19-24-33(30(4)5)26-25-29(2)3/h29-30,32-33H,6,9-28H2,1-5,7-8H3. The van der Waals surface area contributed by atoms with Crippen LogP contribution >= 0.6 is 0 Å². The first-order chi connectivity index (χ1) is 16.3. The first-order valence-electron chi connectivity index (χ1n) is 15.6. The van der Waals surface area contributed by atoms with Crippen LogP contribution in [0.3, 0.4) is 0 Å². The van der Waals surface area contributed by atoms with Crippen molar-refractivity contribution in [3.8, 4) is 0 Å². The maximum absolute atomic E-state index is 4.46. The highest BCUT2D eigenvalue weighted by Crippen LogP contribution is 2.28. The number of allylic oxidation sites excluding steroid dienone is 1. The monoisotopic (exact) mass is 478 g/mol. The zero-order valence-corrected chi connectivity index (χ0v) is 25.1. The molecule has 1 heteroatoms. The summed E-state index contributed by atoms with van der Waals surface area (Å²) in [6, 6.07) is 0. The Bertz CT molecular complexity index is 436. The molecule has 0 bridgehead atoms. The lowest BCUT2D eigenvalue weighted by Crippen LogP contribution is -2.13. The molecule has 0 aliphatic carbocycles. The van der Waals surface area contributed by atoms with Gasteiger partial charge in [-0.2, -0.15) is 0 Å². The minimum Gasteiger partial charge on any atom is -0.309 e. The van der Waals surface area contributed by atoms with Crippen molar-refractivity contribution in [2.45, 2.75) is 157 Å². The molecule has 0 spiro atoms. The Labute approximate surface area is 217 Å². The second-order valence-corrected chi connectivity index (χ2v) is 12.6. The molecule has 204 valence electrons. The molecule has 2 unspecified atom stereocenters. The van der Waals surface area contributed by atoms with Gasteiger partial charge in [0.15, 0.2) is 0 Å². The van der Waals surface area contributed by atoms with Gasteiger partial charge in [0.2, 0.25) is 0 Å². The van der Waals surface area contributed by atoms with Gasteiger partial charge in [0.25, 0.3) is 0 Å². The fraction of sp³-hybridized carbons (Fsp3) is 0.939. The van der Waals surface area contributed by atoms with Crippen molar-refractivity contribution in [2.75, 3.05) is 20.6 Å². The van der Waals surface area contributed by atoms with Crippen LogP contribution in [0, 0.1) is 23.7 Å². The van der Waals surface area contributed by atoms with Crippen LogP contribution in [-0.2, 0) is 0 Å². The van der Waals surface area contributed by atoms with Crippen molar-refractivity contribution in [3.05, 3.63) is 12.2 Å². The summed E-state index contributed by atoms with van der Waals surface area (Å²) >= 11 is 0. The Kier molecular flexibility index (Phi) is 22.9. The van der Waals surface area contributed by atoms with E-state index in [-0.39, 0.29) is 0 Å². The molecule has 0 aliphatic rings. The third-order valence-electron chi connectivity index (χ3n) is 7.92. The summed E-state index contributed by atoms with van der Waals surface area (Å²) in [6.45, 7) is 17.6. The van der Waals surface area contributed by atoms with Gasteiger partial charge in [-0.15, -0.1) is 0 Å². The third-order valence-corrected chi connectivity index (χ3v) is 7.92. The predicted octanol–water partition coefficient (Wildman–Crippen LogP) is 11.1. The SMILES string of the molecule is C=C(CCCN(C)C)CC(CCCCCCC)CCCCCCCCC(CCC(C)C)C(C)C. The van der Waals surface area contributed by atoms with Crippen LogP contribution in [0.2, 0.25) is 0 Å². The van der Waals surface area contributed by atoms with E-state index in [1.807, 2.05) is 0 Å². The summed E-state index contributed by atoms with van der Waals surface area (Å²) < 4.78 is 0. The molecule has 0 aromatic heterocycles. The molecule has 0 heterocycles. The van der Waals surface area contributed by atoms with Gasteiger partial charge in [-0.3, -0.25) is 0 Å². The van der Waals surface area contributed by atoms with Crippen molar-refractivity contribution in [1.29, 1.82) is 0 Å². The molecule has 0 aliphatic heterocycles. The molecule has 0 fully saturated rings. The molecule has 0 saturated carbocycles. The van der Waals surface area contributed by atoms with Crippen molar-refractivity contribution in [1.82, 2.24) is 4.90 Å². The highest BCUT2D eigenvalue weighted by Gasteiger charge is 2.14. The summed E-state index contributed by atoms with van der Waals surface area (Å²) in [6.07, 6.45) is 26.7. The summed E-state index contributed by atoms with van der Waals surface area (Å²) in [5.74, 6) is 3.56. The summed E-state index contributed by atoms with van der Waals surface area (Å²) in [4.78, 5) is 2.30. The lowest BCUT2D eigenvalue weighted by Gasteiger charge is -2.21. The van der Waals surface area contributed by atoms with Gasteiger partial charge in [0.05, 0.1) is 0 Å². The molecule has 0 saturated heterocycles. The fourth-order valence-corrected chi connectivity index (χ4v) is 5.45. The van der Waals surface area contributed by atoms with Crippen LogP contribution in [0.1, 0.15) is 157 Å². The number of unbranched alkanes of at least 4 members (excludes halogenated alkanes) is 9. The average molecular weight is 478 g/mol. The Morgan fingerprint density at radius 3 is 1.68 bits per heavy atom. The normalized spacial score (nSPS) is 13.8. The van der Waals surface area contributed by atoms with Gasteiger partial charge in [-0.1, -0.05) is 143 Å². The Hall–Kier alpha value is -0.300. The molecule has 1 nitrogen and oxygen atoms in total. The lowest BCUT2D eigenvalue weighted by atomic mass is 9.84. The molecule has 0 aromatic rings. The van der Waals surface area contributed by atoms with Crippen LogP contribution in [0.4, 0.5) is 0 Å². The van der Waals surface area contributed by atoms with Gasteiger partial charge in [0, 0.05) is 0 Å². The third kappa shape index (κ3) is 22.2. The van der Waals surface area contributed by atoms with Crippen LogP contribution in [0.15, 0.2) is 12.2 Å². The van der Waals surface area contributed by atoms with E-state index < -0.39 is 0 Å². The topological polar surface area (TPSA) is 3.24 Å².